The molecular weight excluding hydrogens is 343 g/mol. The molecule has 0 aliphatic carbocycles. The van der Waals surface area contributed by atoms with E-state index in [1.807, 2.05) is 11.0 Å². The standard InChI is InChI=1S/C17H21FN4O2S/c1-13(2)25(23,24)22-9-7-21(8-10-22)17-11-16(19-12-20-17)14-3-5-15(18)6-4-14/h3-6,11-13H,7-10H2,1-2H3. The third-order valence-corrected chi connectivity index (χ3v) is 6.59. The Hall–Kier alpha value is -2.06. The van der Waals surface area contributed by atoms with E-state index in [0.717, 1.165) is 11.4 Å². The second-order valence-corrected chi connectivity index (χ2v) is 8.74. The van der Waals surface area contributed by atoms with Crippen molar-refractivity contribution in [3.05, 3.63) is 42.5 Å². The molecule has 2 heterocycles. The van der Waals surface area contributed by atoms with Gasteiger partial charge in [-0.2, -0.15) is 4.31 Å². The molecular formula is C17H21FN4O2S. The highest BCUT2D eigenvalue weighted by atomic mass is 32.2. The van der Waals surface area contributed by atoms with Crippen LogP contribution in [-0.4, -0.2) is 54.1 Å². The lowest BCUT2D eigenvalue weighted by Crippen LogP contribution is -2.50. The second kappa shape index (κ2) is 7.05. The first kappa shape index (κ1) is 17.8. The van der Waals surface area contributed by atoms with E-state index in [-0.39, 0.29) is 5.82 Å². The zero-order chi connectivity index (χ0) is 18.0. The van der Waals surface area contributed by atoms with Gasteiger partial charge in [-0.05, 0) is 38.1 Å². The molecule has 0 saturated carbocycles. The van der Waals surface area contributed by atoms with Crippen LogP contribution >= 0.6 is 0 Å². The summed E-state index contributed by atoms with van der Waals surface area (Å²) in [5.41, 5.74) is 1.52. The first-order valence-corrected chi connectivity index (χ1v) is 9.70. The zero-order valence-electron chi connectivity index (χ0n) is 14.3. The molecule has 0 N–H and O–H groups in total. The first-order chi connectivity index (χ1) is 11.9. The maximum absolute atomic E-state index is 13.1. The van der Waals surface area contributed by atoms with Gasteiger partial charge in [-0.1, -0.05) is 0 Å². The molecule has 0 radical (unpaired) electrons. The minimum atomic E-state index is -3.22. The lowest BCUT2D eigenvalue weighted by Gasteiger charge is -2.35. The number of rotatable bonds is 4. The highest BCUT2D eigenvalue weighted by Crippen LogP contribution is 2.22. The molecule has 0 spiro atoms. The number of piperazine rings is 1. The van der Waals surface area contributed by atoms with Crippen LogP contribution in [0.25, 0.3) is 11.3 Å². The Morgan fingerprint density at radius 1 is 1.04 bits per heavy atom. The van der Waals surface area contributed by atoms with Crippen LogP contribution in [0.2, 0.25) is 0 Å². The lowest BCUT2D eigenvalue weighted by atomic mass is 10.1. The summed E-state index contributed by atoms with van der Waals surface area (Å²) in [6.07, 6.45) is 1.48. The number of halogens is 1. The molecule has 8 heteroatoms. The van der Waals surface area contributed by atoms with Crippen LogP contribution in [0.15, 0.2) is 36.7 Å². The molecule has 0 unspecified atom stereocenters. The Kier molecular flexibility index (Phi) is 5.01. The van der Waals surface area contributed by atoms with Gasteiger partial charge in [-0.15, -0.1) is 0 Å². The van der Waals surface area contributed by atoms with E-state index in [4.69, 9.17) is 0 Å². The Bertz CT molecular complexity index is 832. The molecule has 0 bridgehead atoms. The van der Waals surface area contributed by atoms with Gasteiger partial charge in [0, 0.05) is 37.8 Å². The quantitative estimate of drug-likeness (QED) is 0.832. The minimum absolute atomic E-state index is 0.291. The highest BCUT2D eigenvalue weighted by Gasteiger charge is 2.29. The van der Waals surface area contributed by atoms with Crippen molar-refractivity contribution >= 4 is 15.8 Å². The summed E-state index contributed by atoms with van der Waals surface area (Å²) >= 11 is 0. The van der Waals surface area contributed by atoms with E-state index in [1.165, 1.54) is 22.8 Å². The summed E-state index contributed by atoms with van der Waals surface area (Å²) in [5.74, 6) is 0.455. The molecule has 1 aromatic heterocycles. The van der Waals surface area contributed by atoms with Gasteiger partial charge in [0.25, 0.3) is 0 Å². The molecule has 1 aliphatic heterocycles. The Balaban J connectivity index is 1.74. The summed E-state index contributed by atoms with van der Waals surface area (Å²) in [4.78, 5) is 10.6. The zero-order valence-corrected chi connectivity index (χ0v) is 15.1. The van der Waals surface area contributed by atoms with Gasteiger partial charge in [0.05, 0.1) is 10.9 Å². The summed E-state index contributed by atoms with van der Waals surface area (Å²) in [7, 11) is -3.22. The molecule has 25 heavy (non-hydrogen) atoms. The van der Waals surface area contributed by atoms with Crippen molar-refractivity contribution in [3.63, 3.8) is 0 Å². The first-order valence-electron chi connectivity index (χ1n) is 8.20. The molecule has 0 atom stereocenters. The predicted molar refractivity (Wildman–Crippen MR) is 95.3 cm³/mol. The molecule has 1 aliphatic rings. The Morgan fingerprint density at radius 2 is 1.68 bits per heavy atom. The van der Waals surface area contributed by atoms with Crippen molar-refractivity contribution in [3.8, 4) is 11.3 Å². The van der Waals surface area contributed by atoms with Gasteiger partial charge in [0.1, 0.15) is 18.0 Å². The summed E-state index contributed by atoms with van der Waals surface area (Å²) < 4.78 is 39.1. The molecule has 6 nitrogen and oxygen atoms in total. The van der Waals surface area contributed by atoms with Crippen LogP contribution < -0.4 is 4.90 Å². The van der Waals surface area contributed by atoms with E-state index >= 15 is 0 Å². The van der Waals surface area contributed by atoms with Crippen LogP contribution in [0, 0.1) is 5.82 Å². The normalized spacial score (nSPS) is 16.4. The van der Waals surface area contributed by atoms with Crippen molar-refractivity contribution in [2.45, 2.75) is 19.1 Å². The number of anilines is 1. The molecule has 1 saturated heterocycles. The van der Waals surface area contributed by atoms with E-state index in [0.29, 0.717) is 31.9 Å². The summed E-state index contributed by atoms with van der Waals surface area (Å²) in [6.45, 7) is 5.42. The molecule has 1 aromatic carbocycles. The Labute approximate surface area is 147 Å². The fourth-order valence-electron chi connectivity index (χ4n) is 2.77. The van der Waals surface area contributed by atoms with Crippen molar-refractivity contribution in [2.75, 3.05) is 31.1 Å². The summed E-state index contributed by atoms with van der Waals surface area (Å²) in [5, 5.41) is -0.414. The topological polar surface area (TPSA) is 66.4 Å². The van der Waals surface area contributed by atoms with Crippen molar-refractivity contribution in [1.29, 1.82) is 0 Å². The van der Waals surface area contributed by atoms with E-state index in [9.17, 15) is 12.8 Å². The second-order valence-electron chi connectivity index (χ2n) is 6.25. The third-order valence-electron chi connectivity index (χ3n) is 4.31. The molecule has 3 rings (SSSR count). The number of hydrogen-bond acceptors (Lipinski definition) is 5. The smallest absolute Gasteiger partial charge is 0.216 e. The van der Waals surface area contributed by atoms with E-state index < -0.39 is 15.3 Å². The van der Waals surface area contributed by atoms with E-state index in [1.54, 1.807) is 26.0 Å². The van der Waals surface area contributed by atoms with Crippen LogP contribution in [0.3, 0.4) is 0 Å². The number of nitrogens with zero attached hydrogens (tertiary/aromatic N) is 4. The monoisotopic (exact) mass is 364 g/mol. The predicted octanol–water partition coefficient (Wildman–Crippen LogP) is 2.14. The number of aromatic nitrogens is 2. The van der Waals surface area contributed by atoms with Crippen molar-refractivity contribution < 1.29 is 12.8 Å². The SMILES string of the molecule is CC(C)S(=O)(=O)N1CCN(c2cc(-c3ccc(F)cc3)ncn2)CC1. The maximum atomic E-state index is 13.1. The molecule has 1 fully saturated rings. The Morgan fingerprint density at radius 3 is 2.28 bits per heavy atom. The van der Waals surface area contributed by atoms with Crippen molar-refractivity contribution in [2.24, 2.45) is 0 Å². The molecule has 2 aromatic rings. The average Bonchev–Trinajstić information content (AvgIpc) is 2.62. The summed E-state index contributed by atoms with van der Waals surface area (Å²) in [6, 6.07) is 7.99. The minimum Gasteiger partial charge on any atom is -0.354 e. The van der Waals surface area contributed by atoms with Gasteiger partial charge in [-0.25, -0.2) is 22.8 Å². The fourth-order valence-corrected chi connectivity index (χ4v) is 4.04. The van der Waals surface area contributed by atoms with Gasteiger partial charge in [0.2, 0.25) is 10.0 Å². The molecule has 134 valence electrons. The highest BCUT2D eigenvalue weighted by molar-refractivity contribution is 7.89. The largest absolute Gasteiger partial charge is 0.354 e. The van der Waals surface area contributed by atoms with Crippen LogP contribution in [0.1, 0.15) is 13.8 Å². The van der Waals surface area contributed by atoms with Crippen LogP contribution in [0.5, 0.6) is 0 Å². The molecule has 0 amide bonds. The van der Waals surface area contributed by atoms with Crippen molar-refractivity contribution in [1.82, 2.24) is 14.3 Å². The third kappa shape index (κ3) is 3.80. The number of hydrogen-bond donors (Lipinski definition) is 0. The van der Waals surface area contributed by atoms with Crippen LogP contribution in [-0.2, 0) is 10.0 Å². The van der Waals surface area contributed by atoms with Gasteiger partial charge in [-0.3, -0.25) is 0 Å². The average molecular weight is 364 g/mol. The number of benzene rings is 1. The van der Waals surface area contributed by atoms with Gasteiger partial charge in [0.15, 0.2) is 0 Å². The van der Waals surface area contributed by atoms with Gasteiger partial charge >= 0.3 is 0 Å². The number of sulfonamides is 1. The maximum Gasteiger partial charge on any atom is 0.216 e. The fraction of sp³-hybridized carbons (Fsp3) is 0.412. The lowest BCUT2D eigenvalue weighted by molar-refractivity contribution is 0.380. The van der Waals surface area contributed by atoms with E-state index in [2.05, 4.69) is 9.97 Å². The van der Waals surface area contributed by atoms with Gasteiger partial charge < -0.3 is 4.90 Å². The van der Waals surface area contributed by atoms with Crippen LogP contribution in [0.4, 0.5) is 10.2 Å².